The van der Waals surface area contributed by atoms with E-state index in [0.29, 0.717) is 6.61 Å². The van der Waals surface area contributed by atoms with Crippen molar-refractivity contribution in [1.82, 2.24) is 9.97 Å². The van der Waals surface area contributed by atoms with Gasteiger partial charge in [-0.1, -0.05) is 13.3 Å². The largest absolute Gasteiger partial charge is 0.375 e. The molecule has 3 heteroatoms. The number of nitrogens with one attached hydrogen (secondary N) is 1. The molecule has 11 heavy (non-hydrogen) atoms. The van der Waals surface area contributed by atoms with E-state index in [1.54, 1.807) is 6.33 Å². The second-order valence-corrected chi connectivity index (χ2v) is 2.47. The van der Waals surface area contributed by atoms with Crippen LogP contribution in [-0.2, 0) is 11.3 Å². The van der Waals surface area contributed by atoms with E-state index in [-0.39, 0.29) is 0 Å². The van der Waals surface area contributed by atoms with Crippen molar-refractivity contribution >= 4 is 0 Å². The zero-order valence-electron chi connectivity index (χ0n) is 6.84. The highest BCUT2D eigenvalue weighted by atomic mass is 16.5. The lowest BCUT2D eigenvalue weighted by Crippen LogP contribution is -1.94. The Labute approximate surface area is 66.8 Å². The zero-order chi connectivity index (χ0) is 7.94. The van der Waals surface area contributed by atoms with E-state index >= 15 is 0 Å². The molecule has 0 aliphatic heterocycles. The van der Waals surface area contributed by atoms with Crippen LogP contribution in [0.5, 0.6) is 0 Å². The Morgan fingerprint density at radius 1 is 1.64 bits per heavy atom. The molecule has 0 unspecified atom stereocenters. The molecule has 0 saturated heterocycles. The monoisotopic (exact) mass is 154 g/mol. The van der Waals surface area contributed by atoms with Crippen molar-refractivity contribution < 1.29 is 4.74 Å². The van der Waals surface area contributed by atoms with Crippen LogP contribution in [0.25, 0.3) is 0 Å². The summed E-state index contributed by atoms with van der Waals surface area (Å²) in [6.45, 7) is 3.62. The maximum atomic E-state index is 5.34. The van der Waals surface area contributed by atoms with Crippen LogP contribution in [-0.4, -0.2) is 16.6 Å². The van der Waals surface area contributed by atoms with Gasteiger partial charge in [0.05, 0.1) is 18.6 Å². The van der Waals surface area contributed by atoms with Crippen molar-refractivity contribution in [2.75, 3.05) is 6.61 Å². The van der Waals surface area contributed by atoms with E-state index in [9.17, 15) is 0 Å². The molecule has 1 rings (SSSR count). The summed E-state index contributed by atoms with van der Waals surface area (Å²) < 4.78 is 5.34. The number of nitrogens with zero attached hydrogens (tertiary/aromatic N) is 1. The second-order valence-electron chi connectivity index (χ2n) is 2.47. The summed E-state index contributed by atoms with van der Waals surface area (Å²) in [7, 11) is 0. The van der Waals surface area contributed by atoms with Crippen LogP contribution in [0, 0.1) is 0 Å². The molecule has 0 amide bonds. The molecule has 62 valence electrons. The Bertz CT molecular complexity index is 172. The van der Waals surface area contributed by atoms with Crippen molar-refractivity contribution in [3.8, 4) is 0 Å². The van der Waals surface area contributed by atoms with Crippen LogP contribution in [0.1, 0.15) is 25.5 Å². The van der Waals surface area contributed by atoms with Gasteiger partial charge in [0.2, 0.25) is 0 Å². The molecule has 3 nitrogen and oxygen atoms in total. The molecule has 0 radical (unpaired) electrons. The Kier molecular flexibility index (Phi) is 3.69. The van der Waals surface area contributed by atoms with Gasteiger partial charge in [0.1, 0.15) is 0 Å². The molecule has 0 aliphatic carbocycles. The van der Waals surface area contributed by atoms with E-state index in [1.165, 1.54) is 6.42 Å². The van der Waals surface area contributed by atoms with Crippen LogP contribution < -0.4 is 0 Å². The fraction of sp³-hybridized carbons (Fsp3) is 0.625. The van der Waals surface area contributed by atoms with Crippen LogP contribution in [0.2, 0.25) is 0 Å². The molecular weight excluding hydrogens is 140 g/mol. The van der Waals surface area contributed by atoms with Gasteiger partial charge in [0, 0.05) is 12.8 Å². The van der Waals surface area contributed by atoms with Gasteiger partial charge in [0.15, 0.2) is 0 Å². The average molecular weight is 154 g/mol. The molecule has 0 saturated carbocycles. The molecule has 1 aromatic heterocycles. The van der Waals surface area contributed by atoms with Crippen molar-refractivity contribution in [1.29, 1.82) is 0 Å². The molecular formula is C8H14N2O. The van der Waals surface area contributed by atoms with Gasteiger partial charge < -0.3 is 9.72 Å². The maximum absolute atomic E-state index is 5.34. The van der Waals surface area contributed by atoms with E-state index in [0.717, 1.165) is 18.7 Å². The fourth-order valence-corrected chi connectivity index (χ4v) is 0.793. The molecule has 1 N–H and O–H groups in total. The molecule has 0 aliphatic rings. The van der Waals surface area contributed by atoms with Crippen LogP contribution in [0.3, 0.4) is 0 Å². The number of aromatic nitrogens is 2. The van der Waals surface area contributed by atoms with Gasteiger partial charge in [-0.05, 0) is 6.42 Å². The summed E-state index contributed by atoms with van der Waals surface area (Å²) in [4.78, 5) is 6.91. The third-order valence-electron chi connectivity index (χ3n) is 1.45. The molecule has 0 atom stereocenters. The number of ether oxygens (including phenoxy) is 1. The van der Waals surface area contributed by atoms with E-state index in [4.69, 9.17) is 4.74 Å². The normalized spacial score (nSPS) is 10.3. The lowest BCUT2D eigenvalue weighted by molar-refractivity contribution is 0.116. The smallest absolute Gasteiger partial charge is 0.0924 e. The predicted molar refractivity (Wildman–Crippen MR) is 43.2 cm³/mol. The Morgan fingerprint density at radius 2 is 2.55 bits per heavy atom. The number of rotatable bonds is 5. The van der Waals surface area contributed by atoms with Crippen LogP contribution >= 0.6 is 0 Å². The van der Waals surface area contributed by atoms with Crippen molar-refractivity contribution in [2.45, 2.75) is 26.4 Å². The van der Waals surface area contributed by atoms with E-state index in [1.807, 2.05) is 6.20 Å². The Morgan fingerprint density at radius 3 is 3.18 bits per heavy atom. The minimum atomic E-state index is 0.628. The van der Waals surface area contributed by atoms with Gasteiger partial charge in [0.25, 0.3) is 0 Å². The molecule has 0 bridgehead atoms. The lowest BCUT2D eigenvalue weighted by Gasteiger charge is -1.98. The van der Waals surface area contributed by atoms with E-state index in [2.05, 4.69) is 16.9 Å². The average Bonchev–Trinajstić information content (AvgIpc) is 2.50. The van der Waals surface area contributed by atoms with Crippen LogP contribution in [0.15, 0.2) is 12.5 Å². The highest BCUT2D eigenvalue weighted by Gasteiger charge is 1.92. The fourth-order valence-electron chi connectivity index (χ4n) is 0.793. The van der Waals surface area contributed by atoms with Crippen molar-refractivity contribution in [3.05, 3.63) is 18.2 Å². The molecule has 0 fully saturated rings. The van der Waals surface area contributed by atoms with Gasteiger partial charge in [-0.3, -0.25) is 0 Å². The first kappa shape index (κ1) is 8.27. The minimum absolute atomic E-state index is 0.628. The standard InChI is InChI=1S/C8H14N2O/c1-2-3-4-11-6-8-5-9-7-10-8/h5,7H,2-4,6H2,1H3,(H,9,10). The predicted octanol–water partition coefficient (Wildman–Crippen LogP) is 1.73. The first-order valence-corrected chi connectivity index (χ1v) is 3.99. The van der Waals surface area contributed by atoms with Gasteiger partial charge >= 0.3 is 0 Å². The Hall–Kier alpha value is -0.830. The lowest BCUT2D eigenvalue weighted by atomic mass is 10.4. The van der Waals surface area contributed by atoms with Gasteiger partial charge in [-0.2, -0.15) is 0 Å². The quantitative estimate of drug-likeness (QED) is 0.656. The molecule has 0 aromatic carbocycles. The van der Waals surface area contributed by atoms with E-state index < -0.39 is 0 Å². The van der Waals surface area contributed by atoms with Crippen molar-refractivity contribution in [3.63, 3.8) is 0 Å². The van der Waals surface area contributed by atoms with Gasteiger partial charge in [-0.15, -0.1) is 0 Å². The highest BCUT2D eigenvalue weighted by molar-refractivity contribution is 4.91. The summed E-state index contributed by atoms with van der Waals surface area (Å²) in [5.41, 5.74) is 0.973. The number of H-pyrrole nitrogens is 1. The second kappa shape index (κ2) is 4.91. The third kappa shape index (κ3) is 3.18. The number of unbranched alkanes of at least 4 members (excludes halogenated alkanes) is 1. The molecule has 0 spiro atoms. The number of hydrogen-bond donors (Lipinski definition) is 1. The summed E-state index contributed by atoms with van der Waals surface area (Å²) >= 11 is 0. The highest BCUT2D eigenvalue weighted by Crippen LogP contribution is 1.95. The molecule has 1 heterocycles. The molecule has 1 aromatic rings. The zero-order valence-corrected chi connectivity index (χ0v) is 6.84. The van der Waals surface area contributed by atoms with Gasteiger partial charge in [-0.25, -0.2) is 4.98 Å². The summed E-state index contributed by atoms with van der Waals surface area (Å²) in [5, 5.41) is 0. The topological polar surface area (TPSA) is 37.9 Å². The Balaban J connectivity index is 2.04. The number of imidazole rings is 1. The summed E-state index contributed by atoms with van der Waals surface area (Å²) in [5.74, 6) is 0. The number of hydrogen-bond acceptors (Lipinski definition) is 2. The summed E-state index contributed by atoms with van der Waals surface area (Å²) in [6, 6.07) is 0. The SMILES string of the molecule is CCCCOCc1c[nH]cn1. The number of aromatic amines is 1. The van der Waals surface area contributed by atoms with Crippen molar-refractivity contribution in [2.24, 2.45) is 0 Å². The first-order chi connectivity index (χ1) is 5.43. The first-order valence-electron chi connectivity index (χ1n) is 3.99. The minimum Gasteiger partial charge on any atom is -0.375 e. The summed E-state index contributed by atoms with van der Waals surface area (Å²) in [6.07, 6.45) is 5.83. The third-order valence-corrected chi connectivity index (χ3v) is 1.45. The maximum Gasteiger partial charge on any atom is 0.0924 e. The van der Waals surface area contributed by atoms with Crippen LogP contribution in [0.4, 0.5) is 0 Å².